The molecule has 2 heteroatoms. The molecule has 1 aromatic carbocycles. The fourth-order valence-electron chi connectivity index (χ4n) is 1.21. The highest BCUT2D eigenvalue weighted by Crippen LogP contribution is 2.30. The van der Waals surface area contributed by atoms with Crippen LogP contribution in [0.15, 0.2) is 30.3 Å². The number of nitrogens with two attached hydrogens (primary N) is 1. The molecule has 0 unspecified atom stereocenters. The van der Waals surface area contributed by atoms with E-state index in [0.717, 1.165) is 5.56 Å². The maximum Gasteiger partial charge on any atom is 0.0500 e. The Bertz CT molecular complexity index is 256. The van der Waals surface area contributed by atoms with Crippen LogP contribution in [0.5, 0.6) is 0 Å². The van der Waals surface area contributed by atoms with Crippen molar-refractivity contribution in [1.29, 1.82) is 0 Å². The molecule has 0 spiro atoms. The highest BCUT2D eigenvalue weighted by atomic mass is 16.3. The molecule has 0 radical (unpaired) electrons. The summed E-state index contributed by atoms with van der Waals surface area (Å²) in [5.41, 5.74) is 6.83. The van der Waals surface area contributed by atoms with E-state index in [4.69, 9.17) is 10.8 Å². The van der Waals surface area contributed by atoms with Crippen LogP contribution >= 0.6 is 0 Å². The Balaban J connectivity index is 2.85. The Kier molecular flexibility index (Phi) is 3.07. The van der Waals surface area contributed by atoms with E-state index in [-0.39, 0.29) is 18.1 Å². The van der Waals surface area contributed by atoms with Crippen LogP contribution in [-0.2, 0) is 0 Å². The van der Waals surface area contributed by atoms with Crippen molar-refractivity contribution < 1.29 is 5.11 Å². The molecule has 0 aromatic heterocycles. The molecule has 0 saturated heterocycles. The van der Waals surface area contributed by atoms with Gasteiger partial charge in [-0.25, -0.2) is 0 Å². The molecule has 1 rings (SSSR count). The van der Waals surface area contributed by atoms with E-state index in [1.807, 2.05) is 44.2 Å². The second-order valence-electron chi connectivity index (χ2n) is 4.04. The second kappa shape index (κ2) is 3.90. The van der Waals surface area contributed by atoms with Crippen molar-refractivity contribution in [3.8, 4) is 0 Å². The third-order valence-electron chi connectivity index (χ3n) is 2.41. The summed E-state index contributed by atoms with van der Waals surface area (Å²) in [6, 6.07) is 9.75. The molecule has 1 atom stereocenters. The van der Waals surface area contributed by atoms with E-state index in [2.05, 4.69) is 0 Å². The van der Waals surface area contributed by atoms with Crippen LogP contribution in [0.3, 0.4) is 0 Å². The Hall–Kier alpha value is -0.860. The summed E-state index contributed by atoms with van der Waals surface area (Å²) in [7, 11) is 0. The quantitative estimate of drug-likeness (QED) is 0.742. The first-order chi connectivity index (χ1) is 6.08. The first-order valence-corrected chi connectivity index (χ1v) is 4.49. The lowest BCUT2D eigenvalue weighted by molar-refractivity contribution is 0.132. The average Bonchev–Trinajstić information content (AvgIpc) is 2.18. The second-order valence-corrected chi connectivity index (χ2v) is 4.04. The van der Waals surface area contributed by atoms with Crippen LogP contribution in [-0.4, -0.2) is 11.7 Å². The molecule has 0 saturated carbocycles. The van der Waals surface area contributed by atoms with Crippen LogP contribution in [0.1, 0.15) is 25.5 Å². The Morgan fingerprint density at radius 3 is 2.31 bits per heavy atom. The fraction of sp³-hybridized carbons (Fsp3) is 0.455. The predicted octanol–water partition coefficient (Wildman–Crippen LogP) is 1.70. The van der Waals surface area contributed by atoms with Gasteiger partial charge in [0.25, 0.3) is 0 Å². The van der Waals surface area contributed by atoms with Crippen molar-refractivity contribution >= 4 is 0 Å². The molecule has 13 heavy (non-hydrogen) atoms. The zero-order chi connectivity index (χ0) is 9.90. The summed E-state index contributed by atoms with van der Waals surface area (Å²) < 4.78 is 0. The lowest BCUT2D eigenvalue weighted by Gasteiger charge is -2.29. The number of benzene rings is 1. The summed E-state index contributed by atoms with van der Waals surface area (Å²) in [5.74, 6) is 0. The van der Waals surface area contributed by atoms with Gasteiger partial charge in [0.1, 0.15) is 0 Å². The van der Waals surface area contributed by atoms with Crippen LogP contribution in [0, 0.1) is 5.41 Å². The van der Waals surface area contributed by atoms with E-state index in [9.17, 15) is 0 Å². The van der Waals surface area contributed by atoms with E-state index in [1.165, 1.54) is 0 Å². The molecule has 0 aliphatic rings. The normalized spacial score (nSPS) is 14.2. The predicted molar refractivity (Wildman–Crippen MR) is 54.2 cm³/mol. The minimum absolute atomic E-state index is 0.100. The molecule has 0 heterocycles. The number of hydrogen-bond donors (Lipinski definition) is 2. The smallest absolute Gasteiger partial charge is 0.0500 e. The third kappa shape index (κ3) is 2.29. The molecule has 2 nitrogen and oxygen atoms in total. The minimum Gasteiger partial charge on any atom is -0.396 e. The first kappa shape index (κ1) is 10.2. The van der Waals surface area contributed by atoms with Crippen LogP contribution in [0.2, 0.25) is 0 Å². The van der Waals surface area contributed by atoms with Crippen molar-refractivity contribution in [2.24, 2.45) is 11.1 Å². The van der Waals surface area contributed by atoms with Gasteiger partial charge in [-0.2, -0.15) is 0 Å². The summed E-state index contributed by atoms with van der Waals surface area (Å²) in [6.45, 7) is 4.03. The van der Waals surface area contributed by atoms with Crippen molar-refractivity contribution in [3.05, 3.63) is 35.9 Å². The van der Waals surface area contributed by atoms with Crippen molar-refractivity contribution in [3.63, 3.8) is 0 Å². The van der Waals surface area contributed by atoms with E-state index in [1.54, 1.807) is 0 Å². The highest BCUT2D eigenvalue weighted by Gasteiger charge is 2.26. The monoisotopic (exact) mass is 179 g/mol. The highest BCUT2D eigenvalue weighted by molar-refractivity contribution is 5.20. The molecule has 1 aromatic rings. The van der Waals surface area contributed by atoms with Crippen molar-refractivity contribution in [2.75, 3.05) is 6.61 Å². The number of hydrogen-bond acceptors (Lipinski definition) is 2. The molecule has 0 bridgehead atoms. The van der Waals surface area contributed by atoms with Gasteiger partial charge in [-0.15, -0.1) is 0 Å². The van der Waals surface area contributed by atoms with Gasteiger partial charge in [0, 0.05) is 18.1 Å². The van der Waals surface area contributed by atoms with Gasteiger partial charge in [-0.3, -0.25) is 0 Å². The fourth-order valence-corrected chi connectivity index (χ4v) is 1.21. The summed E-state index contributed by atoms with van der Waals surface area (Å²) in [6.07, 6.45) is 0. The first-order valence-electron chi connectivity index (χ1n) is 4.49. The molecule has 0 amide bonds. The lowest BCUT2D eigenvalue weighted by Crippen LogP contribution is -2.32. The SMILES string of the molecule is CC(C)(CO)[C@@H](N)c1ccccc1. The number of aliphatic hydroxyl groups excluding tert-OH is 1. The Morgan fingerprint density at radius 1 is 1.31 bits per heavy atom. The Labute approximate surface area is 79.4 Å². The van der Waals surface area contributed by atoms with Crippen molar-refractivity contribution in [1.82, 2.24) is 0 Å². The van der Waals surface area contributed by atoms with E-state index < -0.39 is 0 Å². The molecule has 0 aliphatic carbocycles. The van der Waals surface area contributed by atoms with Gasteiger partial charge in [0.15, 0.2) is 0 Å². The van der Waals surface area contributed by atoms with Gasteiger partial charge < -0.3 is 10.8 Å². The maximum atomic E-state index is 9.15. The van der Waals surface area contributed by atoms with Gasteiger partial charge in [0.2, 0.25) is 0 Å². The summed E-state index contributed by atoms with van der Waals surface area (Å²) in [5, 5.41) is 9.15. The molecule has 3 N–H and O–H groups in total. The number of aliphatic hydroxyl groups is 1. The number of rotatable bonds is 3. The zero-order valence-electron chi connectivity index (χ0n) is 8.20. The van der Waals surface area contributed by atoms with Gasteiger partial charge >= 0.3 is 0 Å². The Morgan fingerprint density at radius 2 is 1.85 bits per heavy atom. The zero-order valence-corrected chi connectivity index (χ0v) is 8.20. The topological polar surface area (TPSA) is 46.2 Å². The largest absolute Gasteiger partial charge is 0.396 e. The molecular formula is C11H17NO. The maximum absolute atomic E-state index is 9.15. The minimum atomic E-state index is -0.263. The standard InChI is InChI=1S/C11H17NO/c1-11(2,8-13)10(12)9-6-4-3-5-7-9/h3-7,10,13H,8,12H2,1-2H3/t10-/m0/s1. The van der Waals surface area contributed by atoms with E-state index >= 15 is 0 Å². The van der Waals surface area contributed by atoms with Crippen LogP contribution in [0.4, 0.5) is 0 Å². The van der Waals surface area contributed by atoms with E-state index in [0.29, 0.717) is 0 Å². The molecular weight excluding hydrogens is 162 g/mol. The molecule has 72 valence electrons. The van der Waals surface area contributed by atoms with Gasteiger partial charge in [-0.05, 0) is 5.56 Å². The summed E-state index contributed by atoms with van der Waals surface area (Å²) >= 11 is 0. The average molecular weight is 179 g/mol. The van der Waals surface area contributed by atoms with Gasteiger partial charge in [0.05, 0.1) is 0 Å². The molecule has 0 aliphatic heterocycles. The molecule has 0 fully saturated rings. The van der Waals surface area contributed by atoms with Crippen LogP contribution in [0.25, 0.3) is 0 Å². The third-order valence-corrected chi connectivity index (χ3v) is 2.41. The lowest BCUT2D eigenvalue weighted by atomic mass is 9.82. The summed E-state index contributed by atoms with van der Waals surface area (Å²) in [4.78, 5) is 0. The van der Waals surface area contributed by atoms with Crippen molar-refractivity contribution in [2.45, 2.75) is 19.9 Å². The van der Waals surface area contributed by atoms with Crippen LogP contribution < -0.4 is 5.73 Å². The van der Waals surface area contributed by atoms with Gasteiger partial charge in [-0.1, -0.05) is 44.2 Å².